The van der Waals surface area contributed by atoms with Gasteiger partial charge in [-0.25, -0.2) is 14.0 Å². The van der Waals surface area contributed by atoms with E-state index in [4.69, 9.17) is 18.9 Å². The van der Waals surface area contributed by atoms with Crippen LogP contribution >= 0.6 is 0 Å². The van der Waals surface area contributed by atoms with Gasteiger partial charge in [-0.05, 0) is 61.6 Å². The topological polar surface area (TPSA) is 94.5 Å². The molecule has 1 N–H and O–H groups in total. The molecule has 2 rings (SSSR count). The Hall–Kier alpha value is -3.17. The van der Waals surface area contributed by atoms with Gasteiger partial charge >= 0.3 is 12.1 Å². The summed E-state index contributed by atoms with van der Waals surface area (Å²) in [4.78, 5) is 25.5. The van der Waals surface area contributed by atoms with Gasteiger partial charge in [-0.1, -0.05) is 37.6 Å². The largest absolute Gasteiger partial charge is 0.492 e. The highest BCUT2D eigenvalue weighted by atomic mass is 19.1. The molecule has 0 saturated carbocycles. The third-order valence-electron chi connectivity index (χ3n) is 5.75. The van der Waals surface area contributed by atoms with Crippen molar-refractivity contribution in [2.24, 2.45) is 0 Å². The van der Waals surface area contributed by atoms with Crippen molar-refractivity contribution in [1.29, 1.82) is 0 Å². The van der Waals surface area contributed by atoms with Crippen LogP contribution in [0.4, 0.5) is 9.18 Å². The molecule has 2 aromatic rings. The van der Waals surface area contributed by atoms with E-state index in [1.807, 2.05) is 19.1 Å². The molecule has 0 bridgehead atoms. The first-order valence-corrected chi connectivity index (χ1v) is 13.2. The highest BCUT2D eigenvalue weighted by Gasteiger charge is 2.18. The first-order chi connectivity index (χ1) is 18.4. The van der Waals surface area contributed by atoms with Crippen molar-refractivity contribution >= 4 is 12.1 Å². The lowest BCUT2D eigenvalue weighted by Gasteiger charge is -2.22. The summed E-state index contributed by atoms with van der Waals surface area (Å²) in [5.41, 5.74) is 1.75. The van der Waals surface area contributed by atoms with Crippen LogP contribution in [0.15, 0.2) is 48.5 Å². The first-order valence-electron chi connectivity index (χ1n) is 13.2. The second kappa shape index (κ2) is 18.1. The Morgan fingerprint density at radius 1 is 0.895 bits per heavy atom. The van der Waals surface area contributed by atoms with E-state index in [2.05, 4.69) is 0 Å². The van der Waals surface area contributed by atoms with E-state index in [9.17, 15) is 19.1 Å². The van der Waals surface area contributed by atoms with Gasteiger partial charge in [0, 0.05) is 26.2 Å². The molecule has 1 unspecified atom stereocenters. The Kier molecular flexibility index (Phi) is 14.8. The number of aliphatic carboxylic acids is 1. The molecular weight excluding hydrogens is 493 g/mol. The molecule has 2 aromatic carbocycles. The van der Waals surface area contributed by atoms with Crippen LogP contribution in [-0.2, 0) is 32.0 Å². The number of hydrogen-bond donors (Lipinski definition) is 1. The number of rotatable bonds is 19. The van der Waals surface area contributed by atoms with Gasteiger partial charge in [0.25, 0.3) is 0 Å². The predicted molar refractivity (Wildman–Crippen MR) is 142 cm³/mol. The minimum atomic E-state index is -0.988. The summed E-state index contributed by atoms with van der Waals surface area (Å²) in [6.45, 7) is 6.64. The highest BCUT2D eigenvalue weighted by molar-refractivity contribution is 5.72. The zero-order valence-corrected chi connectivity index (χ0v) is 22.4. The minimum Gasteiger partial charge on any atom is -0.492 e. The molecule has 0 spiro atoms. The van der Waals surface area contributed by atoms with E-state index in [0.717, 1.165) is 36.8 Å². The molecule has 1 atom stereocenters. The lowest BCUT2D eigenvalue weighted by molar-refractivity contribution is -0.149. The van der Waals surface area contributed by atoms with Crippen molar-refractivity contribution in [3.8, 4) is 5.75 Å². The molecule has 0 saturated heterocycles. The molecular formula is C29H40FNO7. The average Bonchev–Trinajstić information content (AvgIpc) is 2.91. The monoisotopic (exact) mass is 533 g/mol. The van der Waals surface area contributed by atoms with Crippen molar-refractivity contribution in [3.05, 3.63) is 65.5 Å². The number of unbranched alkanes of at least 4 members (excludes halogenated alkanes) is 2. The molecule has 0 radical (unpaired) electrons. The van der Waals surface area contributed by atoms with Crippen LogP contribution in [0, 0.1) is 5.82 Å². The molecule has 0 fully saturated rings. The van der Waals surface area contributed by atoms with E-state index in [1.165, 1.54) is 12.1 Å². The third kappa shape index (κ3) is 12.4. The van der Waals surface area contributed by atoms with Gasteiger partial charge in [0.05, 0.1) is 19.8 Å². The number of carboxylic acids is 1. The van der Waals surface area contributed by atoms with Crippen LogP contribution in [-0.4, -0.2) is 67.7 Å². The third-order valence-corrected chi connectivity index (χ3v) is 5.75. The van der Waals surface area contributed by atoms with Crippen LogP contribution in [0.3, 0.4) is 0 Å². The number of amides is 1. The van der Waals surface area contributed by atoms with Crippen molar-refractivity contribution in [2.45, 2.75) is 58.7 Å². The molecule has 0 aliphatic rings. The Balaban J connectivity index is 1.77. The Morgan fingerprint density at radius 2 is 1.61 bits per heavy atom. The number of carbonyl (C=O) groups is 2. The second-order valence-electron chi connectivity index (χ2n) is 8.82. The molecule has 0 aliphatic carbocycles. The van der Waals surface area contributed by atoms with Crippen LogP contribution in [0.25, 0.3) is 0 Å². The van der Waals surface area contributed by atoms with E-state index in [1.54, 1.807) is 36.1 Å². The van der Waals surface area contributed by atoms with Crippen molar-refractivity contribution in [1.82, 2.24) is 4.90 Å². The number of ether oxygens (including phenoxy) is 4. The smallest absolute Gasteiger partial charge is 0.409 e. The quantitative estimate of drug-likeness (QED) is 0.239. The summed E-state index contributed by atoms with van der Waals surface area (Å²) in [7, 11) is 0. The molecule has 210 valence electrons. The van der Waals surface area contributed by atoms with Crippen LogP contribution < -0.4 is 4.74 Å². The molecule has 9 heteroatoms. The van der Waals surface area contributed by atoms with E-state index in [-0.39, 0.29) is 18.3 Å². The Labute approximate surface area is 224 Å². The average molecular weight is 534 g/mol. The van der Waals surface area contributed by atoms with Gasteiger partial charge in [0.15, 0.2) is 6.10 Å². The summed E-state index contributed by atoms with van der Waals surface area (Å²) in [6.07, 6.45) is 2.29. The SMILES string of the molecule is CCCCOC(=O)N(CCCCOCc1ccc(F)cc1)CCOc1ccc(CC(OCC)C(=O)O)cc1. The zero-order chi connectivity index (χ0) is 27.6. The van der Waals surface area contributed by atoms with Crippen LogP contribution in [0.5, 0.6) is 5.75 Å². The number of nitrogens with zero attached hydrogens (tertiary/aromatic N) is 1. The highest BCUT2D eigenvalue weighted by Crippen LogP contribution is 2.15. The fraction of sp³-hybridized carbons (Fsp3) is 0.517. The summed E-state index contributed by atoms with van der Waals surface area (Å²) < 4.78 is 35.1. The molecule has 8 nitrogen and oxygen atoms in total. The van der Waals surface area contributed by atoms with Gasteiger partial charge in [0.1, 0.15) is 18.2 Å². The number of carbonyl (C=O) groups excluding carboxylic acids is 1. The second-order valence-corrected chi connectivity index (χ2v) is 8.82. The van der Waals surface area contributed by atoms with Crippen LogP contribution in [0.1, 0.15) is 50.7 Å². The number of hydrogen-bond acceptors (Lipinski definition) is 6. The zero-order valence-electron chi connectivity index (χ0n) is 22.4. The number of halogens is 1. The van der Waals surface area contributed by atoms with Gasteiger partial charge in [-0.3, -0.25) is 0 Å². The van der Waals surface area contributed by atoms with Gasteiger partial charge in [0.2, 0.25) is 0 Å². The van der Waals surface area contributed by atoms with E-state index < -0.39 is 12.1 Å². The van der Waals surface area contributed by atoms with Crippen molar-refractivity contribution < 1.29 is 38.0 Å². The molecule has 1 amide bonds. The first kappa shape index (κ1) is 31.1. The lowest BCUT2D eigenvalue weighted by atomic mass is 10.1. The fourth-order valence-corrected chi connectivity index (χ4v) is 3.60. The number of benzene rings is 2. The molecule has 0 heterocycles. The van der Waals surface area contributed by atoms with Gasteiger partial charge < -0.3 is 29.0 Å². The summed E-state index contributed by atoms with van der Waals surface area (Å²) in [5, 5.41) is 9.25. The normalized spacial score (nSPS) is 11.7. The van der Waals surface area contributed by atoms with Crippen LogP contribution in [0.2, 0.25) is 0 Å². The summed E-state index contributed by atoms with van der Waals surface area (Å²) in [5.74, 6) is -0.630. The van der Waals surface area contributed by atoms with Crippen molar-refractivity contribution in [3.63, 3.8) is 0 Å². The summed E-state index contributed by atoms with van der Waals surface area (Å²) in [6, 6.07) is 13.4. The minimum absolute atomic E-state index is 0.271. The predicted octanol–water partition coefficient (Wildman–Crippen LogP) is 5.47. The lowest BCUT2D eigenvalue weighted by Crippen LogP contribution is -2.36. The Bertz CT molecular complexity index is 937. The maximum absolute atomic E-state index is 13.0. The number of carboxylic acid groups (broad SMARTS) is 1. The van der Waals surface area contributed by atoms with Crippen molar-refractivity contribution in [2.75, 3.05) is 39.5 Å². The van der Waals surface area contributed by atoms with Gasteiger partial charge in [-0.2, -0.15) is 0 Å². The molecule has 0 aliphatic heterocycles. The molecule has 0 aromatic heterocycles. The summed E-state index contributed by atoms with van der Waals surface area (Å²) >= 11 is 0. The maximum atomic E-state index is 13.0. The van der Waals surface area contributed by atoms with E-state index >= 15 is 0 Å². The fourth-order valence-electron chi connectivity index (χ4n) is 3.60. The van der Waals surface area contributed by atoms with E-state index in [0.29, 0.717) is 51.9 Å². The maximum Gasteiger partial charge on any atom is 0.409 e. The Morgan fingerprint density at radius 3 is 2.26 bits per heavy atom. The standard InChI is InChI=1S/C29H40FNO7/c1-3-5-19-38-29(34)31(16-6-7-18-35-22-24-8-12-25(30)13-9-24)17-20-37-26-14-10-23(11-15-26)21-27(28(32)33)36-4-2/h8-15,27H,3-7,16-22H2,1-2H3,(H,32,33). The van der Waals surface area contributed by atoms with Gasteiger partial charge in [-0.15, -0.1) is 0 Å². The molecule has 38 heavy (non-hydrogen) atoms.